The molecular weight excluding hydrogens is 414 g/mol. The Morgan fingerprint density at radius 1 is 1.21 bits per heavy atom. The molecule has 156 valence electrons. The molecule has 0 aliphatic carbocycles. The number of carbonyl (C=O) groups is 1. The topological polar surface area (TPSA) is 97.3 Å². The van der Waals surface area contributed by atoms with Crippen molar-refractivity contribution in [1.82, 2.24) is 15.2 Å². The molecule has 2 N–H and O–H groups in total. The summed E-state index contributed by atoms with van der Waals surface area (Å²) in [4.78, 5) is 25.3. The standard InChI is InChI=1S/C20H23N3O4S.ClH/c1-28(26,27)16-5-2-4-13(9-16)20(25)22-12-18-15-8-14(10-21-11-15)17-6-3-7-19(24)23(17)18;/h2-7,9,14-15,18,21H,8,10-12H2,1H3,(H,22,25);1H/t14-,15+,18+;/m1./s1. The fourth-order valence-electron chi connectivity index (χ4n) is 4.33. The number of halogens is 1. The molecule has 1 saturated heterocycles. The van der Waals surface area contributed by atoms with Crippen molar-refractivity contribution in [1.29, 1.82) is 0 Å². The first-order valence-electron chi connectivity index (χ1n) is 9.35. The number of pyridine rings is 1. The monoisotopic (exact) mass is 437 g/mol. The summed E-state index contributed by atoms with van der Waals surface area (Å²) in [7, 11) is -3.38. The Morgan fingerprint density at radius 3 is 2.72 bits per heavy atom. The van der Waals surface area contributed by atoms with Gasteiger partial charge in [-0.3, -0.25) is 9.59 Å². The zero-order valence-electron chi connectivity index (χ0n) is 16.0. The molecule has 3 heterocycles. The number of hydrogen-bond acceptors (Lipinski definition) is 5. The van der Waals surface area contributed by atoms with Gasteiger partial charge in [-0.15, -0.1) is 12.4 Å². The average molecular weight is 438 g/mol. The van der Waals surface area contributed by atoms with Crippen LogP contribution < -0.4 is 16.2 Å². The number of benzene rings is 1. The first-order valence-corrected chi connectivity index (χ1v) is 11.2. The van der Waals surface area contributed by atoms with E-state index in [1.165, 1.54) is 12.1 Å². The van der Waals surface area contributed by atoms with Gasteiger partial charge in [0.1, 0.15) is 0 Å². The molecular formula is C20H24ClN3O4S. The Labute approximate surface area is 175 Å². The molecule has 4 rings (SSSR count). The molecule has 1 fully saturated rings. The molecule has 9 heteroatoms. The van der Waals surface area contributed by atoms with Crippen LogP contribution in [0.5, 0.6) is 0 Å². The summed E-state index contributed by atoms with van der Waals surface area (Å²) in [6.07, 6.45) is 2.10. The van der Waals surface area contributed by atoms with Crippen molar-refractivity contribution in [2.24, 2.45) is 5.92 Å². The minimum atomic E-state index is -3.38. The molecule has 2 aromatic rings. The summed E-state index contributed by atoms with van der Waals surface area (Å²) >= 11 is 0. The minimum absolute atomic E-state index is 0. The van der Waals surface area contributed by atoms with E-state index in [1.807, 2.05) is 10.6 Å². The van der Waals surface area contributed by atoms with Crippen LogP contribution in [0.25, 0.3) is 0 Å². The van der Waals surface area contributed by atoms with E-state index in [-0.39, 0.29) is 40.7 Å². The van der Waals surface area contributed by atoms with Gasteiger partial charge in [-0.25, -0.2) is 8.42 Å². The van der Waals surface area contributed by atoms with Crippen LogP contribution >= 0.6 is 12.4 Å². The van der Waals surface area contributed by atoms with E-state index in [9.17, 15) is 18.0 Å². The minimum Gasteiger partial charge on any atom is -0.350 e. The van der Waals surface area contributed by atoms with Crippen LogP contribution in [-0.2, 0) is 9.84 Å². The van der Waals surface area contributed by atoms with Gasteiger partial charge in [0.2, 0.25) is 0 Å². The van der Waals surface area contributed by atoms with Gasteiger partial charge in [-0.1, -0.05) is 12.1 Å². The number of piperidine rings is 1. The van der Waals surface area contributed by atoms with Gasteiger partial charge in [0.25, 0.3) is 11.5 Å². The predicted molar refractivity (Wildman–Crippen MR) is 113 cm³/mol. The second kappa shape index (κ2) is 8.30. The van der Waals surface area contributed by atoms with Crippen LogP contribution in [0, 0.1) is 5.92 Å². The molecule has 1 amide bonds. The summed E-state index contributed by atoms with van der Waals surface area (Å²) in [5.41, 5.74) is 1.25. The van der Waals surface area contributed by atoms with Gasteiger partial charge in [-0.05, 0) is 36.6 Å². The Hall–Kier alpha value is -2.16. The third-order valence-corrected chi connectivity index (χ3v) is 6.81. The zero-order chi connectivity index (χ0) is 19.9. The number of hydrogen-bond donors (Lipinski definition) is 2. The predicted octanol–water partition coefficient (Wildman–Crippen LogP) is 1.35. The quantitative estimate of drug-likeness (QED) is 0.752. The van der Waals surface area contributed by atoms with Crippen molar-refractivity contribution in [3.8, 4) is 0 Å². The number of amides is 1. The molecule has 2 bridgehead atoms. The summed E-state index contributed by atoms with van der Waals surface area (Å²) in [5.74, 6) is 0.224. The van der Waals surface area contributed by atoms with Crippen molar-refractivity contribution in [3.05, 3.63) is 64.1 Å². The molecule has 0 unspecified atom stereocenters. The highest BCUT2D eigenvalue weighted by Gasteiger charge is 2.37. The molecule has 1 aromatic carbocycles. The van der Waals surface area contributed by atoms with Crippen LogP contribution in [0.3, 0.4) is 0 Å². The lowest BCUT2D eigenvalue weighted by Crippen LogP contribution is -2.50. The van der Waals surface area contributed by atoms with Crippen molar-refractivity contribution in [3.63, 3.8) is 0 Å². The van der Waals surface area contributed by atoms with Gasteiger partial charge in [0.15, 0.2) is 9.84 Å². The summed E-state index contributed by atoms with van der Waals surface area (Å²) in [5, 5.41) is 6.32. The highest BCUT2D eigenvalue weighted by Crippen LogP contribution is 2.38. The van der Waals surface area contributed by atoms with E-state index >= 15 is 0 Å². The molecule has 0 saturated carbocycles. The molecule has 0 radical (unpaired) electrons. The normalized spacial score (nSPS) is 22.9. The highest BCUT2D eigenvalue weighted by molar-refractivity contribution is 7.90. The van der Waals surface area contributed by atoms with E-state index in [0.29, 0.717) is 18.0 Å². The Balaban J connectivity index is 0.00000240. The molecule has 7 nitrogen and oxygen atoms in total. The van der Waals surface area contributed by atoms with Crippen LogP contribution in [0.4, 0.5) is 0 Å². The first-order chi connectivity index (χ1) is 13.3. The van der Waals surface area contributed by atoms with Crippen molar-refractivity contribution >= 4 is 28.2 Å². The average Bonchev–Trinajstić information content (AvgIpc) is 2.68. The molecule has 2 aliphatic heterocycles. The van der Waals surface area contributed by atoms with Crippen LogP contribution in [0.2, 0.25) is 0 Å². The van der Waals surface area contributed by atoms with Gasteiger partial charge in [0.05, 0.1) is 10.9 Å². The van der Waals surface area contributed by atoms with Crippen molar-refractivity contribution in [2.75, 3.05) is 25.9 Å². The van der Waals surface area contributed by atoms with E-state index in [4.69, 9.17) is 0 Å². The number of carbonyl (C=O) groups excluding carboxylic acids is 1. The Bertz CT molecular complexity index is 1080. The Kier molecular flexibility index (Phi) is 6.16. The summed E-state index contributed by atoms with van der Waals surface area (Å²) in [6.45, 7) is 1.98. The number of sulfone groups is 1. The fourth-order valence-corrected chi connectivity index (χ4v) is 5.00. The number of nitrogens with zero attached hydrogens (tertiary/aromatic N) is 1. The largest absolute Gasteiger partial charge is 0.350 e. The number of aromatic nitrogens is 1. The van der Waals surface area contributed by atoms with Gasteiger partial charge < -0.3 is 15.2 Å². The molecule has 0 spiro atoms. The van der Waals surface area contributed by atoms with Gasteiger partial charge in [0, 0.05) is 49.1 Å². The van der Waals surface area contributed by atoms with Crippen molar-refractivity contribution in [2.45, 2.75) is 23.3 Å². The zero-order valence-corrected chi connectivity index (χ0v) is 17.6. The summed E-state index contributed by atoms with van der Waals surface area (Å²) in [6, 6.07) is 11.2. The lowest BCUT2D eigenvalue weighted by molar-refractivity contribution is 0.0932. The van der Waals surface area contributed by atoms with Gasteiger partial charge in [-0.2, -0.15) is 0 Å². The second-order valence-electron chi connectivity index (χ2n) is 7.59. The maximum absolute atomic E-state index is 12.6. The van der Waals surface area contributed by atoms with Crippen LogP contribution in [-0.4, -0.2) is 44.8 Å². The van der Waals surface area contributed by atoms with E-state index in [1.54, 1.807) is 24.3 Å². The van der Waals surface area contributed by atoms with E-state index in [0.717, 1.165) is 31.5 Å². The lowest BCUT2D eigenvalue weighted by Gasteiger charge is -2.43. The molecule has 2 aliphatic rings. The SMILES string of the molecule is CS(=O)(=O)c1cccc(C(=O)NC[C@H]2[C@@H]3CNC[C@@H](C3)c3cccc(=O)n32)c1.Cl. The molecule has 3 atom stereocenters. The number of nitrogens with one attached hydrogen (secondary N) is 2. The third kappa shape index (κ3) is 4.24. The van der Waals surface area contributed by atoms with E-state index < -0.39 is 9.84 Å². The fraction of sp³-hybridized carbons (Fsp3) is 0.400. The maximum atomic E-state index is 12.6. The lowest BCUT2D eigenvalue weighted by atomic mass is 9.79. The van der Waals surface area contributed by atoms with Gasteiger partial charge >= 0.3 is 0 Å². The highest BCUT2D eigenvalue weighted by atomic mass is 35.5. The van der Waals surface area contributed by atoms with Crippen molar-refractivity contribution < 1.29 is 13.2 Å². The third-order valence-electron chi connectivity index (χ3n) is 5.70. The molecule has 1 aromatic heterocycles. The second-order valence-corrected chi connectivity index (χ2v) is 9.60. The smallest absolute Gasteiger partial charge is 0.251 e. The Morgan fingerprint density at radius 2 is 1.97 bits per heavy atom. The number of fused-ring (bicyclic) bond motifs is 4. The van der Waals surface area contributed by atoms with E-state index in [2.05, 4.69) is 10.6 Å². The molecule has 29 heavy (non-hydrogen) atoms. The maximum Gasteiger partial charge on any atom is 0.251 e. The van der Waals surface area contributed by atoms with Crippen LogP contribution in [0.1, 0.15) is 34.4 Å². The number of rotatable bonds is 4. The summed E-state index contributed by atoms with van der Waals surface area (Å²) < 4.78 is 25.3. The first kappa shape index (κ1) is 21.5. The van der Waals surface area contributed by atoms with Crippen LogP contribution in [0.15, 0.2) is 52.2 Å².